The van der Waals surface area contributed by atoms with Gasteiger partial charge in [0.05, 0.1) is 41.7 Å². The third kappa shape index (κ3) is 4.32. The van der Waals surface area contributed by atoms with Crippen LogP contribution in [-0.2, 0) is 6.54 Å². The second kappa shape index (κ2) is 9.03. The van der Waals surface area contributed by atoms with Crippen molar-refractivity contribution in [2.45, 2.75) is 32.2 Å². The highest BCUT2D eigenvalue weighted by Gasteiger charge is 2.19. The lowest BCUT2D eigenvalue weighted by Gasteiger charge is -2.21. The van der Waals surface area contributed by atoms with Crippen LogP contribution in [0.4, 0.5) is 4.39 Å². The minimum Gasteiger partial charge on any atom is -0.488 e. The van der Waals surface area contributed by atoms with Gasteiger partial charge in [0.15, 0.2) is 11.4 Å². The van der Waals surface area contributed by atoms with E-state index in [-0.39, 0.29) is 5.82 Å². The van der Waals surface area contributed by atoms with Gasteiger partial charge in [-0.05, 0) is 51.1 Å². The van der Waals surface area contributed by atoms with Crippen LogP contribution in [0.1, 0.15) is 30.1 Å². The van der Waals surface area contributed by atoms with E-state index in [0.29, 0.717) is 52.6 Å². The zero-order valence-electron chi connectivity index (χ0n) is 19.4. The summed E-state index contributed by atoms with van der Waals surface area (Å²) in [6.07, 6.45) is 9.14. The van der Waals surface area contributed by atoms with E-state index in [0.717, 1.165) is 37.3 Å². The molecule has 5 heterocycles. The second-order valence-corrected chi connectivity index (χ2v) is 8.88. The van der Waals surface area contributed by atoms with Crippen molar-refractivity contribution in [3.05, 3.63) is 66.4 Å². The molecule has 0 amide bonds. The van der Waals surface area contributed by atoms with Crippen molar-refractivity contribution in [3.8, 4) is 17.0 Å². The lowest BCUT2D eigenvalue weighted by Crippen LogP contribution is -2.27. The molecule has 0 saturated carbocycles. The topological polar surface area (TPSA) is 95.1 Å². The van der Waals surface area contributed by atoms with Crippen molar-refractivity contribution >= 4 is 16.6 Å². The molecule has 1 aliphatic heterocycles. The van der Waals surface area contributed by atoms with Crippen molar-refractivity contribution in [3.63, 3.8) is 0 Å². The molecule has 0 spiro atoms. The average Bonchev–Trinajstić information content (AvgIpc) is 3.53. The summed E-state index contributed by atoms with van der Waals surface area (Å²) in [4.78, 5) is 8.59. The highest BCUT2D eigenvalue weighted by molar-refractivity contribution is 5.84. The lowest BCUT2D eigenvalue weighted by molar-refractivity contribution is 0.299. The monoisotopic (exact) mass is 472 g/mol. The molecule has 5 aromatic rings. The number of imidazole rings is 2. The molecule has 0 bridgehead atoms. The molecule has 0 aliphatic carbocycles. The molecule has 0 radical (unpaired) electrons. The van der Waals surface area contributed by atoms with E-state index >= 15 is 4.39 Å². The van der Waals surface area contributed by atoms with Gasteiger partial charge in [-0.1, -0.05) is 0 Å². The first-order chi connectivity index (χ1) is 17.1. The molecule has 1 aromatic carbocycles. The van der Waals surface area contributed by atoms with E-state index in [2.05, 4.69) is 30.6 Å². The van der Waals surface area contributed by atoms with E-state index in [1.807, 2.05) is 36.0 Å². The molecule has 0 unspecified atom stereocenters. The zero-order valence-corrected chi connectivity index (χ0v) is 19.4. The van der Waals surface area contributed by atoms with E-state index in [1.54, 1.807) is 23.1 Å². The normalized spacial score (nSPS) is 14.7. The molecule has 10 heteroatoms. The van der Waals surface area contributed by atoms with Gasteiger partial charge in [0, 0.05) is 35.3 Å². The number of fused-ring (bicyclic) bond motifs is 2. The molecular formula is C25H25FN8O. The van der Waals surface area contributed by atoms with Crippen molar-refractivity contribution in [1.82, 2.24) is 39.7 Å². The summed E-state index contributed by atoms with van der Waals surface area (Å²) in [6, 6.07) is 6.97. The molecule has 4 aromatic heterocycles. The SMILES string of the molecule is Cc1cn2nc(-c3cc(F)c4cc(C5CCNCC5)nnc4c3)cc(OCCn3ccnc3)c2n1. The van der Waals surface area contributed by atoms with Crippen LogP contribution in [0.25, 0.3) is 27.8 Å². The summed E-state index contributed by atoms with van der Waals surface area (Å²) < 4.78 is 25.0. The van der Waals surface area contributed by atoms with Gasteiger partial charge in [0.25, 0.3) is 0 Å². The Kier molecular flexibility index (Phi) is 5.57. The van der Waals surface area contributed by atoms with Crippen LogP contribution in [0.15, 0.2) is 49.2 Å². The van der Waals surface area contributed by atoms with Crippen molar-refractivity contribution < 1.29 is 9.13 Å². The van der Waals surface area contributed by atoms with Gasteiger partial charge in [0.2, 0.25) is 0 Å². The highest BCUT2D eigenvalue weighted by Crippen LogP contribution is 2.31. The van der Waals surface area contributed by atoms with Crippen LogP contribution < -0.4 is 10.1 Å². The summed E-state index contributed by atoms with van der Waals surface area (Å²) in [5.74, 6) is 0.549. The number of nitrogens with zero attached hydrogens (tertiary/aromatic N) is 7. The van der Waals surface area contributed by atoms with Crippen LogP contribution >= 0.6 is 0 Å². The number of aromatic nitrogens is 7. The van der Waals surface area contributed by atoms with Crippen LogP contribution in [0.3, 0.4) is 0 Å². The lowest BCUT2D eigenvalue weighted by atomic mass is 9.93. The summed E-state index contributed by atoms with van der Waals surface area (Å²) in [5, 5.41) is 17.3. The van der Waals surface area contributed by atoms with Crippen LogP contribution in [0, 0.1) is 12.7 Å². The Hall–Kier alpha value is -3.92. The van der Waals surface area contributed by atoms with Crippen molar-refractivity contribution in [2.24, 2.45) is 0 Å². The number of aryl methyl sites for hydroxylation is 1. The quantitative estimate of drug-likeness (QED) is 0.404. The van der Waals surface area contributed by atoms with Crippen molar-refractivity contribution in [1.29, 1.82) is 0 Å². The third-order valence-corrected chi connectivity index (χ3v) is 6.40. The Balaban J connectivity index is 1.35. The van der Waals surface area contributed by atoms with Crippen LogP contribution in [0.5, 0.6) is 5.75 Å². The van der Waals surface area contributed by atoms with Gasteiger partial charge in [-0.3, -0.25) is 0 Å². The molecule has 1 aliphatic rings. The standard InChI is InChI=1S/C25H25FN8O/c1-16-14-34-25(29-16)24(35-9-8-33-7-6-28-15-33)13-22(32-34)18-10-20(26)19-12-21(30-31-23(19)11-18)17-2-4-27-5-3-17/h6-7,10-15,17,27H,2-5,8-9H2,1H3. The minimum absolute atomic E-state index is 0.308. The number of hydrogen-bond donors (Lipinski definition) is 1. The Morgan fingerprint density at radius 1 is 1.14 bits per heavy atom. The van der Waals surface area contributed by atoms with Gasteiger partial charge in [0.1, 0.15) is 12.4 Å². The number of halogens is 1. The van der Waals surface area contributed by atoms with Crippen molar-refractivity contribution in [2.75, 3.05) is 19.7 Å². The average molecular weight is 473 g/mol. The fourth-order valence-corrected chi connectivity index (χ4v) is 4.57. The summed E-state index contributed by atoms with van der Waals surface area (Å²) >= 11 is 0. The molecule has 1 fully saturated rings. The molecule has 35 heavy (non-hydrogen) atoms. The maximum atomic E-state index is 15.3. The first-order valence-electron chi connectivity index (χ1n) is 11.8. The summed E-state index contributed by atoms with van der Waals surface area (Å²) in [5.41, 5.74) is 3.96. The third-order valence-electron chi connectivity index (χ3n) is 6.40. The van der Waals surface area contributed by atoms with Gasteiger partial charge >= 0.3 is 0 Å². The highest BCUT2D eigenvalue weighted by atomic mass is 19.1. The molecule has 0 atom stereocenters. The fraction of sp³-hybridized carbons (Fsp3) is 0.320. The maximum absolute atomic E-state index is 15.3. The summed E-state index contributed by atoms with van der Waals surface area (Å²) in [7, 11) is 0. The Morgan fingerprint density at radius 2 is 2.03 bits per heavy atom. The number of piperidine rings is 1. The first kappa shape index (κ1) is 21.6. The van der Waals surface area contributed by atoms with Gasteiger partial charge in [-0.25, -0.2) is 18.9 Å². The van der Waals surface area contributed by atoms with E-state index in [4.69, 9.17) is 4.74 Å². The predicted octanol–water partition coefficient (Wildman–Crippen LogP) is 3.53. The molecular weight excluding hydrogens is 447 g/mol. The first-order valence-corrected chi connectivity index (χ1v) is 11.8. The second-order valence-electron chi connectivity index (χ2n) is 8.88. The largest absolute Gasteiger partial charge is 0.488 e. The number of ether oxygens (including phenoxy) is 1. The Morgan fingerprint density at radius 3 is 2.86 bits per heavy atom. The Bertz CT molecular complexity index is 1490. The van der Waals surface area contributed by atoms with E-state index < -0.39 is 0 Å². The zero-order chi connectivity index (χ0) is 23.8. The van der Waals surface area contributed by atoms with Crippen LogP contribution in [0.2, 0.25) is 0 Å². The maximum Gasteiger partial charge on any atom is 0.196 e. The van der Waals surface area contributed by atoms with Gasteiger partial charge in [-0.15, -0.1) is 0 Å². The minimum atomic E-state index is -0.339. The molecule has 6 rings (SSSR count). The van der Waals surface area contributed by atoms with E-state index in [1.165, 1.54) is 6.07 Å². The summed E-state index contributed by atoms with van der Waals surface area (Å²) in [6.45, 7) is 4.86. The predicted molar refractivity (Wildman–Crippen MR) is 129 cm³/mol. The van der Waals surface area contributed by atoms with Crippen LogP contribution in [-0.4, -0.2) is 54.0 Å². The smallest absolute Gasteiger partial charge is 0.196 e. The fourth-order valence-electron chi connectivity index (χ4n) is 4.57. The number of hydrogen-bond acceptors (Lipinski definition) is 7. The van der Waals surface area contributed by atoms with E-state index in [9.17, 15) is 0 Å². The molecule has 1 N–H and O–H groups in total. The molecule has 178 valence electrons. The number of rotatable bonds is 6. The van der Waals surface area contributed by atoms with Gasteiger partial charge in [-0.2, -0.15) is 15.3 Å². The number of nitrogens with one attached hydrogen (secondary N) is 1. The molecule has 1 saturated heterocycles. The van der Waals surface area contributed by atoms with Gasteiger partial charge < -0.3 is 14.6 Å². The molecule has 9 nitrogen and oxygen atoms in total. The Labute approximate surface area is 201 Å². The number of benzene rings is 1.